The van der Waals surface area contributed by atoms with E-state index in [1.165, 1.54) is 19.9 Å². The Bertz CT molecular complexity index is 1650. The molecule has 0 spiro atoms. The summed E-state index contributed by atoms with van der Waals surface area (Å²) in [4.78, 5) is 4.31. The first-order valence-corrected chi connectivity index (χ1v) is 20.5. The third kappa shape index (κ3) is 18.3. The third-order valence-electron chi connectivity index (χ3n) is 12.3. The van der Waals surface area contributed by atoms with Gasteiger partial charge in [-0.1, -0.05) is 26.0 Å². The first-order valence-electron chi connectivity index (χ1n) is 20.5. The fourth-order valence-electron chi connectivity index (χ4n) is 7.83. The Morgan fingerprint density at radius 2 is 0.815 bits per heavy atom. The number of rotatable bonds is 12. The zero-order valence-corrected chi connectivity index (χ0v) is 41.6. The minimum atomic E-state index is -4.87. The van der Waals surface area contributed by atoms with Crippen LogP contribution in [0.2, 0.25) is 0 Å². The van der Waals surface area contributed by atoms with E-state index in [1.807, 2.05) is 40.1 Å². The molecule has 65 heavy (non-hydrogen) atoms. The molecular weight excluding hydrogens is 957 g/mol. The number of hydrogen-bond donors (Lipinski definition) is 0. The van der Waals surface area contributed by atoms with Crippen LogP contribution in [-0.2, 0) is 34.2 Å². The number of allylic oxidation sites excluding steroid dienone is 3. The standard InChI is InChI=1S/2C22H29F6NO.C3H5.BrH.Mg/c2*1-6-7-19(3)8-9-20(4,29(5)13-19)14-30-15(2)16-10-17(21(23,24)25)12-18(11-16)22(26,27)28;1-3-2;;/h2*6,10-12,15H,1,7-9,13-14H2,2-5H3;3H,1-2H2;1H;/q;;-1;;+2/p-1/t15-,19+,20-;15-,19-,20-;;;/m11.../s1. The van der Waals surface area contributed by atoms with E-state index in [9.17, 15) is 52.7 Å². The van der Waals surface area contributed by atoms with Gasteiger partial charge in [-0.2, -0.15) is 52.7 Å². The van der Waals surface area contributed by atoms with E-state index in [1.54, 1.807) is 0 Å². The number of piperidine rings is 2. The van der Waals surface area contributed by atoms with Crippen LogP contribution in [0.4, 0.5) is 52.7 Å². The topological polar surface area (TPSA) is 24.9 Å². The van der Waals surface area contributed by atoms with E-state index in [0.29, 0.717) is 0 Å². The van der Waals surface area contributed by atoms with Gasteiger partial charge in [0.05, 0.1) is 47.7 Å². The number of benzene rings is 2. The van der Waals surface area contributed by atoms with E-state index in [0.717, 1.165) is 75.9 Å². The summed E-state index contributed by atoms with van der Waals surface area (Å²) in [5.41, 5.74) is -6.14. The molecule has 0 saturated carbocycles. The van der Waals surface area contributed by atoms with Crippen molar-refractivity contribution in [2.45, 2.75) is 128 Å². The van der Waals surface area contributed by atoms with Crippen LogP contribution < -0.4 is 17.0 Å². The van der Waals surface area contributed by atoms with Crippen LogP contribution in [0.1, 0.15) is 126 Å². The molecule has 4 rings (SSSR count). The van der Waals surface area contributed by atoms with Crippen molar-refractivity contribution in [1.29, 1.82) is 0 Å². The predicted octanol–water partition coefficient (Wildman–Crippen LogP) is 11.4. The minimum absolute atomic E-state index is 0. The third-order valence-corrected chi connectivity index (χ3v) is 12.3. The van der Waals surface area contributed by atoms with Gasteiger partial charge >= 0.3 is 47.8 Å². The Kier molecular flexibility index (Phi) is 23.5. The van der Waals surface area contributed by atoms with E-state index in [2.05, 4.69) is 50.3 Å². The van der Waals surface area contributed by atoms with E-state index >= 15 is 0 Å². The van der Waals surface area contributed by atoms with Gasteiger partial charge < -0.3 is 26.5 Å². The molecule has 0 aliphatic carbocycles. The van der Waals surface area contributed by atoms with Crippen molar-refractivity contribution in [3.05, 3.63) is 115 Å². The molecule has 0 aromatic heterocycles. The van der Waals surface area contributed by atoms with Gasteiger partial charge in [0.15, 0.2) is 0 Å². The maximum Gasteiger partial charge on any atom is 2.00 e. The quantitative estimate of drug-likeness (QED) is 0.0916. The molecule has 2 aromatic carbocycles. The number of hydrogen-bond acceptors (Lipinski definition) is 4. The fourth-order valence-corrected chi connectivity index (χ4v) is 7.83. The molecule has 366 valence electrons. The zero-order valence-electron chi connectivity index (χ0n) is 38.6. The van der Waals surface area contributed by atoms with Gasteiger partial charge in [-0.25, -0.2) is 19.6 Å². The number of nitrogens with zero attached hydrogens (tertiary/aromatic N) is 2. The molecule has 2 fully saturated rings. The average molecular weight is 1020 g/mol. The molecule has 0 N–H and O–H groups in total. The van der Waals surface area contributed by atoms with Crippen LogP contribution in [0.25, 0.3) is 0 Å². The maximum atomic E-state index is 13.1. The second-order valence-corrected chi connectivity index (χ2v) is 18.2. The summed E-state index contributed by atoms with van der Waals surface area (Å²) in [6.07, 6.45) is -10.8. The van der Waals surface area contributed by atoms with Gasteiger partial charge in [0.25, 0.3) is 0 Å². The Morgan fingerprint density at radius 3 is 1.02 bits per heavy atom. The Hall–Kier alpha value is -2.22. The summed E-state index contributed by atoms with van der Waals surface area (Å²) in [6, 6.07) is 3.18. The van der Waals surface area contributed by atoms with Crippen LogP contribution in [0.5, 0.6) is 0 Å². The Morgan fingerprint density at radius 1 is 0.569 bits per heavy atom. The Labute approximate surface area is 404 Å². The van der Waals surface area contributed by atoms with Crippen LogP contribution in [0.15, 0.2) is 74.4 Å². The van der Waals surface area contributed by atoms with Crippen LogP contribution in [-0.4, -0.2) is 84.3 Å². The first-order chi connectivity index (χ1) is 28.6. The van der Waals surface area contributed by atoms with Gasteiger partial charge in [-0.3, -0.25) is 9.80 Å². The monoisotopic (exact) mass is 1020 g/mol. The number of ether oxygens (including phenoxy) is 2. The molecule has 2 aromatic rings. The first kappa shape index (κ1) is 62.8. The Balaban J connectivity index is 0.00000115. The van der Waals surface area contributed by atoms with Crippen LogP contribution in [0, 0.1) is 17.8 Å². The van der Waals surface area contributed by atoms with Crippen LogP contribution >= 0.6 is 0 Å². The summed E-state index contributed by atoms with van der Waals surface area (Å²) in [7, 11) is 3.92. The molecular formula is C47H63BrF12MgN2O2. The van der Waals surface area contributed by atoms with Gasteiger partial charge in [0, 0.05) is 24.2 Å². The normalized spacial score (nSPS) is 25.2. The van der Waals surface area contributed by atoms with Crippen LogP contribution in [0.3, 0.4) is 0 Å². The van der Waals surface area contributed by atoms with Crippen molar-refractivity contribution in [3.8, 4) is 0 Å². The van der Waals surface area contributed by atoms with E-state index < -0.39 is 59.2 Å². The molecule has 0 unspecified atom stereocenters. The summed E-state index contributed by atoms with van der Waals surface area (Å²) in [6.45, 7) is 27.4. The number of alkyl halides is 12. The largest absolute Gasteiger partial charge is 2.00 e. The molecule has 6 atom stereocenters. The summed E-state index contributed by atoms with van der Waals surface area (Å²) in [5.74, 6) is 0. The summed E-state index contributed by atoms with van der Waals surface area (Å²) in [5, 5.41) is 0. The van der Waals surface area contributed by atoms with E-state index in [4.69, 9.17) is 9.47 Å². The zero-order chi connectivity index (χ0) is 48.6. The van der Waals surface area contributed by atoms with Crippen molar-refractivity contribution in [3.63, 3.8) is 0 Å². The smallest absolute Gasteiger partial charge is 1.00 e. The number of halogens is 13. The van der Waals surface area contributed by atoms with Crippen molar-refractivity contribution in [2.75, 3.05) is 40.4 Å². The number of likely N-dealkylation sites (tertiary alicyclic amines) is 2. The van der Waals surface area contributed by atoms with Crippen molar-refractivity contribution in [1.82, 2.24) is 9.80 Å². The van der Waals surface area contributed by atoms with Crippen molar-refractivity contribution >= 4 is 23.1 Å². The summed E-state index contributed by atoms with van der Waals surface area (Å²) >= 11 is 0. The molecule has 4 nitrogen and oxygen atoms in total. The SMILES string of the molecule is C=CC[C@@]1(C)CC[C@](C)(CO[C@H](C)c2cc(C(F)(F)F)cc(C(F)(F)F)c2)N(C)C1.C=CC[C@]1(C)CC[C@](C)(CO[C@H](C)c2cc(C(F)(F)F)cc(C(F)(F)F)c2)N(C)C1.C=C[CH2-].[Br-].[Mg+2]. The molecule has 0 bridgehead atoms. The molecule has 2 saturated heterocycles. The molecule has 2 aliphatic rings. The van der Waals surface area contributed by atoms with Gasteiger partial charge in [0.1, 0.15) is 0 Å². The molecule has 0 radical (unpaired) electrons. The number of likely N-dealkylation sites (N-methyl/N-ethyl adjacent to an activating group) is 2. The molecule has 2 aliphatic heterocycles. The molecule has 0 amide bonds. The summed E-state index contributed by atoms with van der Waals surface area (Å²) < 4.78 is 169. The predicted molar refractivity (Wildman–Crippen MR) is 229 cm³/mol. The second kappa shape index (κ2) is 24.4. The minimum Gasteiger partial charge on any atom is -1.00 e. The second-order valence-electron chi connectivity index (χ2n) is 18.2. The molecule has 2 heterocycles. The fraction of sp³-hybridized carbons (Fsp3) is 0.596. The van der Waals surface area contributed by atoms with Crippen molar-refractivity contribution in [2.24, 2.45) is 10.8 Å². The van der Waals surface area contributed by atoms with Gasteiger partial charge in [-0.05, 0) is 139 Å². The van der Waals surface area contributed by atoms with Gasteiger partial charge in [-0.15, -0.1) is 13.2 Å². The van der Waals surface area contributed by atoms with Gasteiger partial charge in [0.2, 0.25) is 0 Å². The molecule has 18 heteroatoms. The van der Waals surface area contributed by atoms with E-state index in [-0.39, 0.29) is 98.4 Å². The average Bonchev–Trinajstić information content (AvgIpc) is 3.15. The van der Waals surface area contributed by atoms with Crippen molar-refractivity contribution < 1.29 is 79.1 Å². The maximum absolute atomic E-state index is 13.1.